The molecule has 0 N–H and O–H groups in total. The normalized spacial score (nSPS) is 11.6. The van der Waals surface area contributed by atoms with E-state index in [4.69, 9.17) is 4.42 Å². The van der Waals surface area contributed by atoms with Crippen molar-refractivity contribution in [2.45, 2.75) is 26.7 Å². The molecule has 4 nitrogen and oxygen atoms in total. The first kappa shape index (κ1) is 11.0. The van der Waals surface area contributed by atoms with Gasteiger partial charge >= 0.3 is 0 Å². The van der Waals surface area contributed by atoms with Gasteiger partial charge in [-0.3, -0.25) is 0 Å². The fraction of sp³-hybridized carbons (Fsp3) is 0.286. The number of nitrogens with zero attached hydrogens (tertiary/aromatic N) is 3. The van der Waals surface area contributed by atoms with Gasteiger partial charge in [0.15, 0.2) is 5.65 Å². The van der Waals surface area contributed by atoms with Crippen LogP contribution < -0.4 is 0 Å². The van der Waals surface area contributed by atoms with Crippen molar-refractivity contribution in [2.75, 3.05) is 0 Å². The van der Waals surface area contributed by atoms with E-state index in [1.807, 2.05) is 29.9 Å². The molecule has 0 unspecified atom stereocenters. The molecule has 0 aliphatic carbocycles. The number of rotatable bonds is 2. The average molecular weight is 241 g/mol. The van der Waals surface area contributed by atoms with Crippen LogP contribution in [-0.2, 0) is 0 Å². The van der Waals surface area contributed by atoms with Crippen LogP contribution in [0.25, 0.3) is 16.8 Å². The number of aryl methyl sites for hydroxylation is 1. The lowest BCUT2D eigenvalue weighted by molar-refractivity contribution is 0.568. The third-order valence-corrected chi connectivity index (χ3v) is 3.12. The maximum Gasteiger partial charge on any atom is 0.158 e. The Morgan fingerprint density at radius 3 is 2.78 bits per heavy atom. The lowest BCUT2D eigenvalue weighted by atomic mass is 10.0. The molecule has 3 aromatic heterocycles. The molecular weight excluding hydrogens is 226 g/mol. The van der Waals surface area contributed by atoms with Crippen LogP contribution in [0.5, 0.6) is 0 Å². The van der Waals surface area contributed by atoms with Crippen LogP contribution in [0.2, 0.25) is 0 Å². The van der Waals surface area contributed by atoms with Crippen molar-refractivity contribution in [3.05, 3.63) is 42.2 Å². The summed E-state index contributed by atoms with van der Waals surface area (Å²) in [7, 11) is 0. The molecule has 4 heteroatoms. The summed E-state index contributed by atoms with van der Waals surface area (Å²) in [5.41, 5.74) is 5.23. The maximum atomic E-state index is 5.09. The smallest absolute Gasteiger partial charge is 0.158 e. The number of fused-ring (bicyclic) bond motifs is 1. The van der Waals surface area contributed by atoms with E-state index in [1.165, 1.54) is 5.56 Å². The van der Waals surface area contributed by atoms with Crippen molar-refractivity contribution in [1.82, 2.24) is 14.6 Å². The molecule has 92 valence electrons. The molecule has 0 saturated carbocycles. The highest BCUT2D eigenvalue weighted by Crippen LogP contribution is 2.25. The van der Waals surface area contributed by atoms with E-state index in [0.717, 1.165) is 22.5 Å². The van der Waals surface area contributed by atoms with Gasteiger partial charge < -0.3 is 4.42 Å². The van der Waals surface area contributed by atoms with Gasteiger partial charge in [-0.2, -0.15) is 5.10 Å². The van der Waals surface area contributed by atoms with Crippen LogP contribution in [0.15, 0.2) is 35.4 Å². The van der Waals surface area contributed by atoms with Gasteiger partial charge in [-0.15, -0.1) is 0 Å². The van der Waals surface area contributed by atoms with Gasteiger partial charge in [0, 0.05) is 29.1 Å². The molecule has 3 heterocycles. The molecule has 0 spiro atoms. The second-order valence-electron chi connectivity index (χ2n) is 4.78. The second-order valence-corrected chi connectivity index (χ2v) is 4.78. The van der Waals surface area contributed by atoms with Gasteiger partial charge in [0.25, 0.3) is 0 Å². The number of aromatic nitrogens is 3. The SMILES string of the molecule is Cc1nn2cc(-c3ccoc3)cnc2c1C(C)C. The fourth-order valence-corrected chi connectivity index (χ4v) is 2.32. The summed E-state index contributed by atoms with van der Waals surface area (Å²) in [5.74, 6) is 0.426. The Hall–Kier alpha value is -2.10. The van der Waals surface area contributed by atoms with Crippen molar-refractivity contribution >= 4 is 5.65 Å². The monoisotopic (exact) mass is 241 g/mol. The Kier molecular flexibility index (Phi) is 2.44. The summed E-state index contributed by atoms with van der Waals surface area (Å²) < 4.78 is 6.94. The standard InChI is InChI=1S/C14H15N3O/c1-9(2)13-10(3)16-17-7-12(6-15-14(13)17)11-4-5-18-8-11/h4-9H,1-3H3. The van der Waals surface area contributed by atoms with Crippen molar-refractivity contribution in [1.29, 1.82) is 0 Å². The first-order chi connectivity index (χ1) is 8.66. The van der Waals surface area contributed by atoms with E-state index in [2.05, 4.69) is 23.9 Å². The predicted octanol–water partition coefficient (Wildman–Crippen LogP) is 3.42. The average Bonchev–Trinajstić information content (AvgIpc) is 2.92. The molecule has 0 saturated heterocycles. The molecule has 3 rings (SSSR count). The Labute approximate surface area is 105 Å². The third-order valence-electron chi connectivity index (χ3n) is 3.12. The number of hydrogen-bond donors (Lipinski definition) is 0. The van der Waals surface area contributed by atoms with Crippen LogP contribution in [0.4, 0.5) is 0 Å². The molecule has 0 fully saturated rings. The van der Waals surface area contributed by atoms with E-state index < -0.39 is 0 Å². The van der Waals surface area contributed by atoms with E-state index >= 15 is 0 Å². The topological polar surface area (TPSA) is 43.3 Å². The third kappa shape index (κ3) is 1.61. The molecule has 0 aliphatic rings. The molecular formula is C14H15N3O. The zero-order valence-corrected chi connectivity index (χ0v) is 10.7. The van der Waals surface area contributed by atoms with Crippen LogP contribution in [0.3, 0.4) is 0 Å². The van der Waals surface area contributed by atoms with Gasteiger partial charge in [0.05, 0.1) is 18.2 Å². The van der Waals surface area contributed by atoms with Crippen molar-refractivity contribution in [3.63, 3.8) is 0 Å². The van der Waals surface area contributed by atoms with Crippen molar-refractivity contribution in [2.24, 2.45) is 0 Å². The predicted molar refractivity (Wildman–Crippen MR) is 69.5 cm³/mol. The van der Waals surface area contributed by atoms with Crippen molar-refractivity contribution < 1.29 is 4.42 Å². The zero-order valence-electron chi connectivity index (χ0n) is 10.7. The summed E-state index contributed by atoms with van der Waals surface area (Å²) in [6.45, 7) is 6.35. The molecule has 0 aliphatic heterocycles. The second kappa shape index (κ2) is 3.98. The highest BCUT2D eigenvalue weighted by Gasteiger charge is 2.14. The molecule has 18 heavy (non-hydrogen) atoms. The van der Waals surface area contributed by atoms with E-state index in [0.29, 0.717) is 5.92 Å². The quantitative estimate of drug-likeness (QED) is 0.690. The Balaban J connectivity index is 2.20. The van der Waals surface area contributed by atoms with Gasteiger partial charge in [-0.05, 0) is 18.9 Å². The number of furan rings is 1. The summed E-state index contributed by atoms with van der Waals surface area (Å²) in [5, 5.41) is 4.53. The van der Waals surface area contributed by atoms with Crippen LogP contribution in [-0.4, -0.2) is 14.6 Å². The van der Waals surface area contributed by atoms with Crippen LogP contribution >= 0.6 is 0 Å². The van der Waals surface area contributed by atoms with Gasteiger partial charge in [-0.1, -0.05) is 13.8 Å². The van der Waals surface area contributed by atoms with Gasteiger partial charge in [0.2, 0.25) is 0 Å². The molecule has 0 atom stereocenters. The van der Waals surface area contributed by atoms with E-state index in [1.54, 1.807) is 12.5 Å². The highest BCUT2D eigenvalue weighted by molar-refractivity contribution is 5.63. The lowest BCUT2D eigenvalue weighted by Gasteiger charge is -2.03. The molecule has 0 amide bonds. The fourth-order valence-electron chi connectivity index (χ4n) is 2.32. The lowest BCUT2D eigenvalue weighted by Crippen LogP contribution is -1.93. The summed E-state index contributed by atoms with van der Waals surface area (Å²) in [4.78, 5) is 4.54. The summed E-state index contributed by atoms with van der Waals surface area (Å²) in [6.07, 6.45) is 7.23. The molecule has 3 aromatic rings. The first-order valence-corrected chi connectivity index (χ1v) is 6.04. The van der Waals surface area contributed by atoms with Gasteiger partial charge in [-0.25, -0.2) is 9.50 Å². The first-order valence-electron chi connectivity index (χ1n) is 6.04. The Morgan fingerprint density at radius 1 is 1.28 bits per heavy atom. The van der Waals surface area contributed by atoms with Gasteiger partial charge in [0.1, 0.15) is 0 Å². The largest absolute Gasteiger partial charge is 0.472 e. The van der Waals surface area contributed by atoms with Crippen LogP contribution in [0.1, 0.15) is 31.0 Å². The summed E-state index contributed by atoms with van der Waals surface area (Å²) >= 11 is 0. The van der Waals surface area contributed by atoms with E-state index in [9.17, 15) is 0 Å². The van der Waals surface area contributed by atoms with Crippen LogP contribution in [0, 0.1) is 6.92 Å². The maximum absolute atomic E-state index is 5.09. The molecule has 0 aromatic carbocycles. The zero-order chi connectivity index (χ0) is 12.7. The Morgan fingerprint density at radius 2 is 2.11 bits per heavy atom. The van der Waals surface area contributed by atoms with E-state index in [-0.39, 0.29) is 0 Å². The van der Waals surface area contributed by atoms with Crippen molar-refractivity contribution in [3.8, 4) is 11.1 Å². The minimum absolute atomic E-state index is 0.426. The minimum atomic E-state index is 0.426. The Bertz CT molecular complexity index is 680. The summed E-state index contributed by atoms with van der Waals surface area (Å²) in [6, 6.07) is 1.92. The number of hydrogen-bond acceptors (Lipinski definition) is 3. The molecule has 0 bridgehead atoms. The highest BCUT2D eigenvalue weighted by atomic mass is 16.3. The minimum Gasteiger partial charge on any atom is -0.472 e. The molecule has 0 radical (unpaired) electrons.